The number of oxazole rings is 1. The summed E-state index contributed by atoms with van der Waals surface area (Å²) in [6.45, 7) is 2.69. The van der Waals surface area contributed by atoms with Crippen molar-refractivity contribution in [2.45, 2.75) is 38.3 Å². The van der Waals surface area contributed by atoms with Gasteiger partial charge in [-0.2, -0.15) is 0 Å². The minimum atomic E-state index is -0.211. The van der Waals surface area contributed by atoms with Gasteiger partial charge in [-0.05, 0) is 43.9 Å². The summed E-state index contributed by atoms with van der Waals surface area (Å²) in [5.41, 5.74) is 2.67. The second-order valence-electron chi connectivity index (χ2n) is 6.71. The standard InChI is InChI=1S/C19H25N3O3/c1-13(11-14-6-8-15(9-7-14)22(2)3)21-19(23)17-18(25-12-20-17)16-5-4-10-24-16/h6-9,12-13,16H,4-5,10-11H2,1-3H3,(H,21,23)/t13-,16+/m1/s1. The van der Waals surface area contributed by atoms with Crippen LogP contribution in [-0.2, 0) is 11.2 Å². The third-order valence-electron chi connectivity index (χ3n) is 4.40. The van der Waals surface area contributed by atoms with Gasteiger partial charge in [0.05, 0.1) is 0 Å². The number of nitrogens with one attached hydrogen (secondary N) is 1. The molecule has 0 radical (unpaired) electrons. The molecule has 0 saturated carbocycles. The molecule has 0 bridgehead atoms. The normalized spacial score (nSPS) is 18.1. The quantitative estimate of drug-likeness (QED) is 0.873. The highest BCUT2D eigenvalue weighted by atomic mass is 16.5. The predicted molar refractivity (Wildman–Crippen MR) is 95.8 cm³/mol. The molecule has 2 aromatic rings. The van der Waals surface area contributed by atoms with Crippen molar-refractivity contribution in [2.24, 2.45) is 0 Å². The number of hydrogen-bond acceptors (Lipinski definition) is 5. The molecular formula is C19H25N3O3. The maximum Gasteiger partial charge on any atom is 0.273 e. The Morgan fingerprint density at radius 2 is 2.12 bits per heavy atom. The zero-order valence-corrected chi connectivity index (χ0v) is 15.0. The van der Waals surface area contributed by atoms with E-state index >= 15 is 0 Å². The van der Waals surface area contributed by atoms with Crippen molar-refractivity contribution in [3.05, 3.63) is 47.7 Å². The van der Waals surface area contributed by atoms with Crippen LogP contribution in [0.3, 0.4) is 0 Å². The Kier molecular flexibility index (Phi) is 5.38. The third kappa shape index (κ3) is 4.20. The predicted octanol–water partition coefficient (Wildman–Crippen LogP) is 2.95. The maximum atomic E-state index is 12.5. The number of rotatable bonds is 6. The summed E-state index contributed by atoms with van der Waals surface area (Å²) >= 11 is 0. The van der Waals surface area contributed by atoms with Crippen molar-refractivity contribution in [3.63, 3.8) is 0 Å². The Morgan fingerprint density at radius 3 is 2.76 bits per heavy atom. The lowest BCUT2D eigenvalue weighted by Crippen LogP contribution is -2.35. The van der Waals surface area contributed by atoms with E-state index < -0.39 is 0 Å². The van der Waals surface area contributed by atoms with Gasteiger partial charge in [0.25, 0.3) is 5.91 Å². The second-order valence-corrected chi connectivity index (χ2v) is 6.71. The highest BCUT2D eigenvalue weighted by molar-refractivity contribution is 5.93. The Morgan fingerprint density at radius 1 is 1.36 bits per heavy atom. The molecule has 25 heavy (non-hydrogen) atoms. The molecule has 1 aliphatic rings. The SMILES string of the molecule is C[C@H](Cc1ccc(N(C)C)cc1)NC(=O)c1ncoc1[C@@H]1CCCO1. The van der Waals surface area contributed by atoms with Crippen molar-refractivity contribution in [3.8, 4) is 0 Å². The summed E-state index contributed by atoms with van der Waals surface area (Å²) in [4.78, 5) is 18.7. The van der Waals surface area contributed by atoms with Crippen molar-refractivity contribution in [1.29, 1.82) is 0 Å². The molecular weight excluding hydrogens is 318 g/mol. The van der Waals surface area contributed by atoms with Gasteiger partial charge >= 0.3 is 0 Å². The number of aromatic nitrogens is 1. The van der Waals surface area contributed by atoms with Crippen LogP contribution in [0.25, 0.3) is 0 Å². The molecule has 2 heterocycles. The summed E-state index contributed by atoms with van der Waals surface area (Å²) in [6, 6.07) is 8.33. The largest absolute Gasteiger partial charge is 0.445 e. The third-order valence-corrected chi connectivity index (χ3v) is 4.40. The molecule has 1 amide bonds. The van der Waals surface area contributed by atoms with Gasteiger partial charge in [0.1, 0.15) is 6.10 Å². The number of hydrogen-bond donors (Lipinski definition) is 1. The fourth-order valence-corrected chi connectivity index (χ4v) is 3.07. The van der Waals surface area contributed by atoms with Gasteiger partial charge in [-0.15, -0.1) is 0 Å². The van der Waals surface area contributed by atoms with Crippen LogP contribution in [0.15, 0.2) is 35.1 Å². The molecule has 1 aromatic carbocycles. The molecule has 0 aliphatic carbocycles. The maximum absolute atomic E-state index is 12.5. The van der Waals surface area contributed by atoms with Crippen molar-refractivity contribution < 1.29 is 13.9 Å². The van der Waals surface area contributed by atoms with E-state index in [0.29, 0.717) is 18.1 Å². The highest BCUT2D eigenvalue weighted by Crippen LogP contribution is 2.30. The number of carbonyl (C=O) groups is 1. The van der Waals surface area contributed by atoms with Crippen LogP contribution < -0.4 is 10.2 Å². The lowest BCUT2D eigenvalue weighted by atomic mass is 10.1. The van der Waals surface area contributed by atoms with Crippen molar-refractivity contribution in [2.75, 3.05) is 25.6 Å². The zero-order valence-electron chi connectivity index (χ0n) is 15.0. The molecule has 0 spiro atoms. The van der Waals surface area contributed by atoms with Crippen LogP contribution in [0.1, 0.15) is 47.7 Å². The molecule has 1 aromatic heterocycles. The summed E-state index contributed by atoms with van der Waals surface area (Å²) in [5.74, 6) is 0.328. The summed E-state index contributed by atoms with van der Waals surface area (Å²) in [6.07, 6.45) is 3.76. The molecule has 134 valence electrons. The van der Waals surface area contributed by atoms with Gasteiger partial charge in [0, 0.05) is 32.4 Å². The first kappa shape index (κ1) is 17.5. The summed E-state index contributed by atoms with van der Waals surface area (Å²) in [7, 11) is 4.03. The van der Waals surface area contributed by atoms with Gasteiger partial charge in [-0.25, -0.2) is 4.98 Å². The average molecular weight is 343 g/mol. The van der Waals surface area contributed by atoms with Gasteiger partial charge in [-0.1, -0.05) is 12.1 Å². The van der Waals surface area contributed by atoms with Crippen molar-refractivity contribution in [1.82, 2.24) is 10.3 Å². The first-order chi connectivity index (χ1) is 12.0. The van der Waals surface area contributed by atoms with Gasteiger partial charge in [0.15, 0.2) is 17.8 Å². The molecule has 6 heteroatoms. The molecule has 1 aliphatic heterocycles. The van der Waals surface area contributed by atoms with Crippen LogP contribution in [-0.4, -0.2) is 37.6 Å². The highest BCUT2D eigenvalue weighted by Gasteiger charge is 2.28. The van der Waals surface area contributed by atoms with Crippen LogP contribution >= 0.6 is 0 Å². The molecule has 1 saturated heterocycles. The topological polar surface area (TPSA) is 67.6 Å². The van der Waals surface area contributed by atoms with E-state index in [0.717, 1.165) is 24.9 Å². The molecule has 2 atom stereocenters. The summed E-state index contributed by atoms with van der Waals surface area (Å²) in [5, 5.41) is 3.00. The van der Waals surface area contributed by atoms with E-state index in [1.165, 1.54) is 12.0 Å². The van der Waals surface area contributed by atoms with Gasteiger partial charge in [-0.3, -0.25) is 4.79 Å². The number of ether oxygens (including phenoxy) is 1. The smallest absolute Gasteiger partial charge is 0.273 e. The Hall–Kier alpha value is -2.34. The van der Waals surface area contributed by atoms with E-state index in [2.05, 4.69) is 39.5 Å². The number of anilines is 1. The van der Waals surface area contributed by atoms with Crippen LogP contribution in [0.5, 0.6) is 0 Å². The number of nitrogens with zero attached hydrogens (tertiary/aromatic N) is 2. The second kappa shape index (κ2) is 7.70. The number of amides is 1. The molecule has 0 unspecified atom stereocenters. The number of benzene rings is 1. The van der Waals surface area contributed by atoms with E-state index in [-0.39, 0.29) is 18.1 Å². The first-order valence-corrected chi connectivity index (χ1v) is 8.66. The Bertz CT molecular complexity index is 703. The van der Waals surface area contributed by atoms with Gasteiger partial charge in [0.2, 0.25) is 0 Å². The number of carbonyl (C=O) groups excluding carboxylic acids is 1. The van der Waals surface area contributed by atoms with E-state index in [9.17, 15) is 4.79 Å². The monoisotopic (exact) mass is 343 g/mol. The lowest BCUT2D eigenvalue weighted by Gasteiger charge is -2.16. The fourth-order valence-electron chi connectivity index (χ4n) is 3.07. The molecule has 6 nitrogen and oxygen atoms in total. The fraction of sp³-hybridized carbons (Fsp3) is 0.474. The Balaban J connectivity index is 1.60. The molecule has 1 fully saturated rings. The van der Waals surface area contributed by atoms with E-state index in [1.54, 1.807) is 0 Å². The first-order valence-electron chi connectivity index (χ1n) is 8.66. The van der Waals surface area contributed by atoms with Crippen molar-refractivity contribution >= 4 is 11.6 Å². The van der Waals surface area contributed by atoms with E-state index in [1.807, 2.05) is 21.0 Å². The minimum absolute atomic E-state index is 0.00764. The molecule has 3 rings (SSSR count). The van der Waals surface area contributed by atoms with Crippen LogP contribution in [0.2, 0.25) is 0 Å². The molecule has 1 N–H and O–H groups in total. The zero-order chi connectivity index (χ0) is 17.8. The Labute approximate surface area is 148 Å². The summed E-state index contributed by atoms with van der Waals surface area (Å²) < 4.78 is 11.0. The van der Waals surface area contributed by atoms with E-state index in [4.69, 9.17) is 9.15 Å². The van der Waals surface area contributed by atoms with Crippen LogP contribution in [0.4, 0.5) is 5.69 Å². The van der Waals surface area contributed by atoms with Crippen LogP contribution in [0, 0.1) is 0 Å². The minimum Gasteiger partial charge on any atom is -0.445 e. The average Bonchev–Trinajstić information content (AvgIpc) is 3.26. The van der Waals surface area contributed by atoms with Gasteiger partial charge < -0.3 is 19.4 Å². The lowest BCUT2D eigenvalue weighted by molar-refractivity contribution is 0.0854.